The van der Waals surface area contributed by atoms with Crippen LogP contribution in [-0.2, 0) is 9.59 Å². The molecule has 1 aliphatic heterocycles. The van der Waals surface area contributed by atoms with Gasteiger partial charge in [0.25, 0.3) is 0 Å². The van der Waals surface area contributed by atoms with Crippen molar-refractivity contribution in [2.45, 2.75) is 38.5 Å². The average molecular weight is 299 g/mol. The molecule has 0 spiro atoms. The molecule has 1 N–H and O–H groups in total. The zero-order chi connectivity index (χ0) is 15.1. The summed E-state index contributed by atoms with van der Waals surface area (Å²) >= 11 is 0. The molecule has 2 amide bonds. The van der Waals surface area contributed by atoms with Gasteiger partial charge in [-0.2, -0.15) is 0 Å². The lowest BCUT2D eigenvalue weighted by molar-refractivity contribution is -0.123. The predicted octanol–water partition coefficient (Wildman–Crippen LogP) is 2.58. The summed E-state index contributed by atoms with van der Waals surface area (Å²) in [5, 5.41) is 2.78. The smallest absolute Gasteiger partial charge is 0.244 e. The Bertz CT molecular complexity index is 610. The van der Waals surface area contributed by atoms with E-state index >= 15 is 0 Å². The fourth-order valence-electron chi connectivity index (χ4n) is 4.12. The number of hydrogen-bond acceptors (Lipinski definition) is 3. The van der Waals surface area contributed by atoms with E-state index in [1.807, 2.05) is 6.07 Å². The molecule has 1 aromatic rings. The SMILES string of the molecule is O=C1CN(C(=O)C2CC2C2CCCCC2)c2ccncc2N1. The van der Waals surface area contributed by atoms with Gasteiger partial charge in [0, 0.05) is 12.1 Å². The summed E-state index contributed by atoms with van der Waals surface area (Å²) in [5.41, 5.74) is 1.43. The van der Waals surface area contributed by atoms with E-state index in [1.165, 1.54) is 32.1 Å². The van der Waals surface area contributed by atoms with Gasteiger partial charge in [0.2, 0.25) is 11.8 Å². The summed E-state index contributed by atoms with van der Waals surface area (Å²) in [6.07, 6.45) is 10.8. The van der Waals surface area contributed by atoms with E-state index in [0.717, 1.165) is 18.0 Å². The van der Waals surface area contributed by atoms with Crippen molar-refractivity contribution in [3.8, 4) is 0 Å². The Morgan fingerprint density at radius 3 is 2.91 bits per heavy atom. The quantitative estimate of drug-likeness (QED) is 0.913. The van der Waals surface area contributed by atoms with Crippen molar-refractivity contribution in [2.75, 3.05) is 16.8 Å². The molecule has 1 aromatic heterocycles. The second-order valence-electron chi connectivity index (χ2n) is 6.77. The van der Waals surface area contributed by atoms with Gasteiger partial charge >= 0.3 is 0 Å². The average Bonchev–Trinajstić information content (AvgIpc) is 3.35. The molecule has 5 heteroatoms. The fourth-order valence-corrected chi connectivity index (χ4v) is 4.12. The first-order valence-corrected chi connectivity index (χ1v) is 8.29. The molecule has 2 saturated carbocycles. The van der Waals surface area contributed by atoms with E-state index in [2.05, 4.69) is 10.3 Å². The maximum Gasteiger partial charge on any atom is 0.244 e. The van der Waals surface area contributed by atoms with Gasteiger partial charge in [0.05, 0.1) is 17.6 Å². The maximum absolute atomic E-state index is 12.8. The van der Waals surface area contributed by atoms with Crippen molar-refractivity contribution < 1.29 is 9.59 Å². The first-order chi connectivity index (χ1) is 10.7. The normalized spacial score (nSPS) is 28.0. The first kappa shape index (κ1) is 13.7. The number of pyridine rings is 1. The number of amides is 2. The highest BCUT2D eigenvalue weighted by Gasteiger charge is 2.49. The summed E-state index contributed by atoms with van der Waals surface area (Å²) in [6.45, 7) is 0.129. The number of anilines is 2. The monoisotopic (exact) mass is 299 g/mol. The summed E-state index contributed by atoms with van der Waals surface area (Å²) in [5.74, 6) is 1.37. The van der Waals surface area contributed by atoms with Crippen LogP contribution in [0.25, 0.3) is 0 Å². The van der Waals surface area contributed by atoms with Crippen molar-refractivity contribution in [1.82, 2.24) is 4.98 Å². The standard InChI is InChI=1S/C17H21N3O2/c21-16-10-20(15-6-7-18-9-14(15)19-16)17(22)13-8-12(13)11-4-2-1-3-5-11/h6-7,9,11-13H,1-5,8,10H2,(H,19,21). The van der Waals surface area contributed by atoms with Crippen molar-refractivity contribution in [3.63, 3.8) is 0 Å². The Morgan fingerprint density at radius 1 is 1.27 bits per heavy atom. The zero-order valence-corrected chi connectivity index (χ0v) is 12.6. The predicted molar refractivity (Wildman–Crippen MR) is 83.4 cm³/mol. The third-order valence-corrected chi connectivity index (χ3v) is 5.34. The highest BCUT2D eigenvalue weighted by Crippen LogP contribution is 2.50. The summed E-state index contributed by atoms with van der Waals surface area (Å²) in [4.78, 5) is 30.4. The van der Waals surface area contributed by atoms with Crippen molar-refractivity contribution >= 4 is 23.2 Å². The molecule has 0 bridgehead atoms. The highest BCUT2D eigenvalue weighted by atomic mass is 16.2. The molecule has 116 valence electrons. The molecule has 2 fully saturated rings. The van der Waals surface area contributed by atoms with E-state index in [9.17, 15) is 9.59 Å². The number of carbonyl (C=O) groups excluding carboxylic acids is 2. The molecule has 5 nitrogen and oxygen atoms in total. The first-order valence-electron chi connectivity index (χ1n) is 8.29. The molecule has 0 saturated heterocycles. The minimum absolute atomic E-state index is 0.120. The van der Waals surface area contributed by atoms with Gasteiger partial charge in [-0.3, -0.25) is 14.6 Å². The molecular formula is C17H21N3O2. The van der Waals surface area contributed by atoms with Crippen LogP contribution < -0.4 is 10.2 Å². The van der Waals surface area contributed by atoms with Gasteiger partial charge in [-0.05, 0) is 24.3 Å². The Morgan fingerprint density at radius 2 is 2.09 bits per heavy atom. The van der Waals surface area contributed by atoms with Crippen molar-refractivity contribution in [3.05, 3.63) is 18.5 Å². The topological polar surface area (TPSA) is 62.3 Å². The van der Waals surface area contributed by atoms with E-state index in [1.54, 1.807) is 17.3 Å². The van der Waals surface area contributed by atoms with Crippen LogP contribution in [0.4, 0.5) is 11.4 Å². The van der Waals surface area contributed by atoms with E-state index in [-0.39, 0.29) is 24.3 Å². The number of hydrogen-bond donors (Lipinski definition) is 1. The van der Waals surface area contributed by atoms with Gasteiger partial charge in [-0.15, -0.1) is 0 Å². The van der Waals surface area contributed by atoms with Crippen LogP contribution in [0.1, 0.15) is 38.5 Å². The van der Waals surface area contributed by atoms with E-state index in [4.69, 9.17) is 0 Å². The van der Waals surface area contributed by atoms with E-state index in [0.29, 0.717) is 11.6 Å². The van der Waals surface area contributed by atoms with Crippen LogP contribution in [0.3, 0.4) is 0 Å². The maximum atomic E-state index is 12.8. The molecule has 2 unspecified atom stereocenters. The van der Waals surface area contributed by atoms with Crippen LogP contribution in [0, 0.1) is 17.8 Å². The fraction of sp³-hybridized carbons (Fsp3) is 0.588. The molecule has 2 atom stereocenters. The molecular weight excluding hydrogens is 278 g/mol. The van der Waals surface area contributed by atoms with Crippen LogP contribution >= 0.6 is 0 Å². The number of nitrogens with zero attached hydrogens (tertiary/aromatic N) is 2. The Kier molecular flexibility index (Phi) is 3.36. The second kappa shape index (κ2) is 5.38. The molecule has 3 aliphatic rings. The lowest BCUT2D eigenvalue weighted by Gasteiger charge is -2.29. The lowest BCUT2D eigenvalue weighted by Crippen LogP contribution is -2.43. The van der Waals surface area contributed by atoms with Crippen LogP contribution in [0.2, 0.25) is 0 Å². The molecule has 4 rings (SSSR count). The minimum Gasteiger partial charge on any atom is -0.321 e. The summed E-state index contributed by atoms with van der Waals surface area (Å²) < 4.78 is 0. The number of aromatic nitrogens is 1. The van der Waals surface area contributed by atoms with Crippen molar-refractivity contribution in [1.29, 1.82) is 0 Å². The Hall–Kier alpha value is -1.91. The summed E-state index contributed by atoms with van der Waals surface area (Å²) in [6, 6.07) is 1.81. The van der Waals surface area contributed by atoms with Crippen molar-refractivity contribution in [2.24, 2.45) is 17.8 Å². The van der Waals surface area contributed by atoms with Crippen LogP contribution in [0.5, 0.6) is 0 Å². The molecule has 2 heterocycles. The van der Waals surface area contributed by atoms with Crippen LogP contribution in [0.15, 0.2) is 18.5 Å². The molecule has 0 radical (unpaired) electrons. The van der Waals surface area contributed by atoms with Gasteiger partial charge in [-0.25, -0.2) is 0 Å². The highest BCUT2D eigenvalue weighted by molar-refractivity contribution is 6.10. The summed E-state index contributed by atoms with van der Waals surface area (Å²) in [7, 11) is 0. The van der Waals surface area contributed by atoms with Gasteiger partial charge in [-0.1, -0.05) is 32.1 Å². The van der Waals surface area contributed by atoms with Gasteiger partial charge in [0.15, 0.2) is 0 Å². The Labute approximate surface area is 130 Å². The number of fused-ring (bicyclic) bond motifs is 1. The Balaban J connectivity index is 1.50. The largest absolute Gasteiger partial charge is 0.321 e. The van der Waals surface area contributed by atoms with Gasteiger partial charge in [0.1, 0.15) is 6.54 Å². The number of rotatable bonds is 2. The minimum atomic E-state index is -0.135. The third kappa shape index (κ3) is 2.38. The molecule has 22 heavy (non-hydrogen) atoms. The second-order valence-corrected chi connectivity index (χ2v) is 6.77. The van der Waals surface area contributed by atoms with Crippen LogP contribution in [-0.4, -0.2) is 23.3 Å². The lowest BCUT2D eigenvalue weighted by atomic mass is 9.85. The zero-order valence-electron chi connectivity index (χ0n) is 12.6. The van der Waals surface area contributed by atoms with E-state index < -0.39 is 0 Å². The number of nitrogens with one attached hydrogen (secondary N) is 1. The van der Waals surface area contributed by atoms with Gasteiger partial charge < -0.3 is 10.2 Å². The molecule has 2 aliphatic carbocycles. The third-order valence-electron chi connectivity index (χ3n) is 5.34. The number of carbonyl (C=O) groups is 2. The molecule has 0 aromatic carbocycles.